The first kappa shape index (κ1) is 30.4. The third-order valence-electron chi connectivity index (χ3n) is 8.32. The van der Waals surface area contributed by atoms with E-state index in [1.807, 2.05) is 69.8 Å². The van der Waals surface area contributed by atoms with Gasteiger partial charge in [0.25, 0.3) is 11.8 Å². The van der Waals surface area contributed by atoms with E-state index in [2.05, 4.69) is 22.8 Å². The van der Waals surface area contributed by atoms with Gasteiger partial charge in [0, 0.05) is 53.1 Å². The van der Waals surface area contributed by atoms with Gasteiger partial charge in [0.2, 0.25) is 0 Å². The SMILES string of the molecule is N#Cc1cc(-c2ccc(Cl)c(Cl)c2)c2c(c1)cc1n2CCNC1=O.N#Cc1cc(-c2cccc(Cl)c2)c2c(c1)cc1n2CCNC1=O. The van der Waals surface area contributed by atoms with Crippen LogP contribution in [0.3, 0.4) is 0 Å². The fraction of sp³-hybridized carbons (Fsp3) is 0.111. The minimum Gasteiger partial charge on any atom is -0.349 e. The summed E-state index contributed by atoms with van der Waals surface area (Å²) in [5.74, 6) is -0.181. The van der Waals surface area contributed by atoms with Crippen LogP contribution < -0.4 is 10.6 Å². The molecule has 0 radical (unpaired) electrons. The fourth-order valence-electron chi connectivity index (χ4n) is 6.30. The number of nitriles is 2. The number of fused-ring (bicyclic) bond motifs is 6. The summed E-state index contributed by atoms with van der Waals surface area (Å²) in [4.78, 5) is 24.2. The van der Waals surface area contributed by atoms with Gasteiger partial charge in [-0.2, -0.15) is 10.5 Å². The Bertz CT molecular complexity index is 2380. The van der Waals surface area contributed by atoms with Crippen LogP contribution in [0, 0.1) is 22.7 Å². The standard InChI is InChI=1S/C18H11Cl2N3O.C18H12ClN3O/c19-14-2-1-11(7-15(14)20)13-6-10(9-21)5-12-8-16-18(24)22-3-4-23(16)17(12)13;19-14-3-1-2-12(8-14)15-7-11(10-20)6-13-9-16-18(23)21-4-5-22(16)17(13)15/h1-2,5-8H,3-4H2,(H,22,24);1-3,6-9H,4-5H2,(H,21,23). The number of amides is 2. The average Bonchev–Trinajstić information content (AvgIpc) is 3.65. The summed E-state index contributed by atoms with van der Waals surface area (Å²) in [6, 6.07) is 28.3. The Morgan fingerprint density at radius 3 is 1.64 bits per heavy atom. The molecule has 6 aromatic rings. The number of nitrogens with zero attached hydrogens (tertiary/aromatic N) is 4. The number of carbonyl (C=O) groups excluding carboxylic acids is 2. The highest BCUT2D eigenvalue weighted by Crippen LogP contribution is 2.37. The summed E-state index contributed by atoms with van der Waals surface area (Å²) >= 11 is 18.3. The summed E-state index contributed by atoms with van der Waals surface area (Å²) in [6.45, 7) is 2.58. The number of nitrogens with one attached hydrogen (secondary N) is 2. The molecular formula is C36H23Cl3N6O2. The van der Waals surface area contributed by atoms with Gasteiger partial charge in [-0.1, -0.05) is 53.0 Å². The molecule has 0 saturated carbocycles. The van der Waals surface area contributed by atoms with E-state index in [0.717, 1.165) is 44.1 Å². The molecule has 8 rings (SSSR count). The van der Waals surface area contributed by atoms with Crippen molar-refractivity contribution in [1.29, 1.82) is 10.5 Å². The molecule has 0 atom stereocenters. The number of rotatable bonds is 2. The van der Waals surface area contributed by atoms with Crippen LogP contribution in [-0.2, 0) is 13.1 Å². The summed E-state index contributed by atoms with van der Waals surface area (Å²) in [5.41, 5.74) is 7.81. The number of aromatic nitrogens is 2. The number of hydrogen-bond acceptors (Lipinski definition) is 4. The largest absolute Gasteiger partial charge is 0.349 e. The van der Waals surface area contributed by atoms with Crippen LogP contribution >= 0.6 is 34.8 Å². The van der Waals surface area contributed by atoms with Gasteiger partial charge < -0.3 is 19.8 Å². The molecule has 0 spiro atoms. The van der Waals surface area contributed by atoms with Gasteiger partial charge >= 0.3 is 0 Å². The predicted octanol–water partition coefficient (Wildman–Crippen LogP) is 7.81. The Kier molecular flexibility index (Phi) is 7.87. The Balaban J connectivity index is 0.000000150. The normalized spacial score (nSPS) is 13.5. The van der Waals surface area contributed by atoms with Crippen molar-refractivity contribution >= 4 is 68.4 Å². The lowest BCUT2D eigenvalue weighted by atomic mass is 10.00. The summed E-state index contributed by atoms with van der Waals surface area (Å²) < 4.78 is 4.01. The highest BCUT2D eigenvalue weighted by atomic mass is 35.5. The third-order valence-corrected chi connectivity index (χ3v) is 9.29. The van der Waals surface area contributed by atoms with Crippen molar-refractivity contribution in [1.82, 2.24) is 19.8 Å². The Morgan fingerprint density at radius 1 is 0.617 bits per heavy atom. The van der Waals surface area contributed by atoms with Crippen molar-refractivity contribution in [2.75, 3.05) is 13.1 Å². The zero-order chi connectivity index (χ0) is 32.8. The minimum atomic E-state index is -0.101. The fourth-order valence-corrected chi connectivity index (χ4v) is 6.79. The summed E-state index contributed by atoms with van der Waals surface area (Å²) in [6.07, 6.45) is 0. The number of halogens is 3. The molecule has 2 N–H and O–H groups in total. The van der Waals surface area contributed by atoms with Gasteiger partial charge in [-0.15, -0.1) is 0 Å². The predicted molar refractivity (Wildman–Crippen MR) is 184 cm³/mol. The van der Waals surface area contributed by atoms with Gasteiger partial charge in [-0.3, -0.25) is 9.59 Å². The minimum absolute atomic E-state index is 0.0806. The molecule has 2 aliphatic heterocycles. The Hall–Kier alpha value is -5.25. The van der Waals surface area contributed by atoms with E-state index in [-0.39, 0.29) is 11.8 Å². The number of carbonyl (C=O) groups is 2. The van der Waals surface area contributed by atoms with E-state index in [1.54, 1.807) is 18.2 Å². The Morgan fingerprint density at radius 2 is 1.15 bits per heavy atom. The summed E-state index contributed by atoms with van der Waals surface area (Å²) in [5, 5.41) is 27.7. The van der Waals surface area contributed by atoms with E-state index in [4.69, 9.17) is 34.8 Å². The van der Waals surface area contributed by atoms with Crippen LogP contribution in [0.1, 0.15) is 32.1 Å². The molecule has 0 fully saturated rings. The lowest BCUT2D eigenvalue weighted by Crippen LogP contribution is -2.34. The van der Waals surface area contributed by atoms with Gasteiger partial charge in [0.1, 0.15) is 11.4 Å². The van der Waals surface area contributed by atoms with Crippen LogP contribution in [0.25, 0.3) is 44.1 Å². The van der Waals surface area contributed by atoms with Crippen LogP contribution in [0.2, 0.25) is 15.1 Å². The maximum atomic E-state index is 12.1. The van der Waals surface area contributed by atoms with Crippen LogP contribution in [0.4, 0.5) is 0 Å². The van der Waals surface area contributed by atoms with Crippen molar-refractivity contribution in [3.8, 4) is 34.4 Å². The molecule has 47 heavy (non-hydrogen) atoms. The maximum absolute atomic E-state index is 12.1. The first-order chi connectivity index (χ1) is 22.7. The molecule has 8 nitrogen and oxygen atoms in total. The third kappa shape index (κ3) is 5.47. The van der Waals surface area contributed by atoms with Crippen molar-refractivity contribution in [3.05, 3.63) is 116 Å². The highest BCUT2D eigenvalue weighted by molar-refractivity contribution is 6.42. The molecule has 0 saturated heterocycles. The van der Waals surface area contributed by atoms with Crippen LogP contribution in [-0.4, -0.2) is 34.0 Å². The summed E-state index contributed by atoms with van der Waals surface area (Å²) in [7, 11) is 0. The van der Waals surface area contributed by atoms with Crippen molar-refractivity contribution in [2.24, 2.45) is 0 Å². The molecule has 0 bridgehead atoms. The molecule has 4 aromatic carbocycles. The van der Waals surface area contributed by atoms with Gasteiger partial charge in [0.15, 0.2) is 0 Å². The molecule has 2 aromatic heterocycles. The van der Waals surface area contributed by atoms with Crippen LogP contribution in [0.5, 0.6) is 0 Å². The lowest BCUT2D eigenvalue weighted by molar-refractivity contribution is 0.0921. The van der Waals surface area contributed by atoms with E-state index in [1.165, 1.54) is 0 Å². The van der Waals surface area contributed by atoms with E-state index >= 15 is 0 Å². The molecule has 2 amide bonds. The zero-order valence-corrected chi connectivity index (χ0v) is 26.8. The molecule has 0 aliphatic carbocycles. The second kappa shape index (κ2) is 12.2. The first-order valence-corrected chi connectivity index (χ1v) is 15.8. The van der Waals surface area contributed by atoms with Crippen molar-refractivity contribution < 1.29 is 9.59 Å². The van der Waals surface area contributed by atoms with Crippen molar-refractivity contribution in [3.63, 3.8) is 0 Å². The van der Waals surface area contributed by atoms with Crippen molar-refractivity contribution in [2.45, 2.75) is 13.1 Å². The first-order valence-electron chi connectivity index (χ1n) is 14.7. The topological polar surface area (TPSA) is 116 Å². The van der Waals surface area contributed by atoms with Crippen LogP contribution in [0.15, 0.2) is 78.9 Å². The zero-order valence-electron chi connectivity index (χ0n) is 24.6. The molecule has 0 unspecified atom stereocenters. The monoisotopic (exact) mass is 676 g/mol. The average molecular weight is 678 g/mol. The van der Waals surface area contributed by atoms with E-state index in [0.29, 0.717) is 63.8 Å². The number of hydrogen-bond donors (Lipinski definition) is 2. The smallest absolute Gasteiger partial charge is 0.268 e. The number of benzene rings is 4. The van der Waals surface area contributed by atoms with E-state index < -0.39 is 0 Å². The van der Waals surface area contributed by atoms with Gasteiger partial charge in [0.05, 0.1) is 44.3 Å². The molecule has 4 heterocycles. The second-order valence-electron chi connectivity index (χ2n) is 11.2. The molecular weight excluding hydrogens is 655 g/mol. The molecule has 230 valence electrons. The van der Waals surface area contributed by atoms with Gasteiger partial charge in [-0.05, 0) is 71.8 Å². The molecule has 2 aliphatic rings. The quantitative estimate of drug-likeness (QED) is 0.195. The lowest BCUT2D eigenvalue weighted by Gasteiger charge is -2.18. The maximum Gasteiger partial charge on any atom is 0.268 e. The van der Waals surface area contributed by atoms with E-state index in [9.17, 15) is 20.1 Å². The van der Waals surface area contributed by atoms with Gasteiger partial charge in [-0.25, -0.2) is 0 Å². The Labute approximate surface area is 284 Å². The second-order valence-corrected chi connectivity index (χ2v) is 12.4. The highest BCUT2D eigenvalue weighted by Gasteiger charge is 2.24. The molecule has 11 heteroatoms.